The van der Waals surface area contributed by atoms with Crippen LogP contribution in [0.4, 0.5) is 5.95 Å². The van der Waals surface area contributed by atoms with Gasteiger partial charge in [-0.2, -0.15) is 0 Å². The van der Waals surface area contributed by atoms with E-state index in [1.807, 2.05) is 30.2 Å². The Hall–Kier alpha value is -3.04. The molecule has 9 nitrogen and oxygen atoms in total. The molecule has 0 atom stereocenters. The summed E-state index contributed by atoms with van der Waals surface area (Å²) < 4.78 is 9.83. The fraction of sp³-hybridized carbons (Fsp3) is 0.520. The molecule has 4 aromatic rings. The molecule has 0 aromatic carbocycles. The highest BCUT2D eigenvalue weighted by molar-refractivity contribution is 5.85. The van der Waals surface area contributed by atoms with Crippen molar-refractivity contribution >= 4 is 22.6 Å². The Kier molecular flexibility index (Phi) is 5.66. The Labute approximate surface area is 199 Å². The number of nitrogens with one attached hydrogen (secondary N) is 2. The van der Waals surface area contributed by atoms with E-state index in [1.165, 1.54) is 12.8 Å². The van der Waals surface area contributed by atoms with Gasteiger partial charge in [0.25, 0.3) is 0 Å². The Bertz CT molecular complexity index is 1300. The van der Waals surface area contributed by atoms with Crippen LogP contribution in [-0.4, -0.2) is 61.5 Å². The highest BCUT2D eigenvalue weighted by atomic mass is 16.5. The second-order valence-electron chi connectivity index (χ2n) is 9.56. The van der Waals surface area contributed by atoms with E-state index in [1.54, 1.807) is 0 Å². The number of hydrogen-bond donors (Lipinski definition) is 2. The third kappa shape index (κ3) is 3.92. The first-order valence-electron chi connectivity index (χ1n) is 12.4. The van der Waals surface area contributed by atoms with Crippen LogP contribution in [0.1, 0.15) is 50.4 Å². The highest BCUT2D eigenvalue weighted by Crippen LogP contribution is 2.31. The van der Waals surface area contributed by atoms with Crippen molar-refractivity contribution in [3.63, 3.8) is 0 Å². The normalized spacial score (nSPS) is 21.9. The van der Waals surface area contributed by atoms with Gasteiger partial charge in [-0.25, -0.2) is 19.5 Å². The highest BCUT2D eigenvalue weighted by Gasteiger charge is 2.22. The van der Waals surface area contributed by atoms with E-state index >= 15 is 0 Å². The SMILES string of the molecule is CN[C@H]1CC[C@@H](Nc2ncc3c(-c4cnc5nc(C)n(C6CCOCC6)c5c4)ccn3n2)CC1. The van der Waals surface area contributed by atoms with E-state index in [4.69, 9.17) is 19.8 Å². The summed E-state index contributed by atoms with van der Waals surface area (Å²) in [6.45, 7) is 3.66. The predicted octanol–water partition coefficient (Wildman–Crippen LogP) is 3.74. The van der Waals surface area contributed by atoms with Crippen LogP contribution in [0.15, 0.2) is 30.7 Å². The Morgan fingerprint density at radius 3 is 2.56 bits per heavy atom. The van der Waals surface area contributed by atoms with Crippen molar-refractivity contribution in [2.24, 2.45) is 0 Å². The minimum Gasteiger partial charge on any atom is -0.381 e. The molecule has 178 valence electrons. The van der Waals surface area contributed by atoms with Crippen LogP contribution in [0.25, 0.3) is 27.8 Å². The summed E-state index contributed by atoms with van der Waals surface area (Å²) in [5.41, 5.74) is 4.98. The Morgan fingerprint density at radius 2 is 1.76 bits per heavy atom. The average Bonchev–Trinajstić information content (AvgIpc) is 3.44. The lowest BCUT2D eigenvalue weighted by molar-refractivity contribution is 0.0701. The second-order valence-corrected chi connectivity index (χ2v) is 9.56. The number of ether oxygens (including phenoxy) is 1. The van der Waals surface area contributed by atoms with E-state index in [9.17, 15) is 0 Å². The van der Waals surface area contributed by atoms with Gasteiger partial charge >= 0.3 is 0 Å². The molecule has 6 rings (SSSR count). The molecule has 5 heterocycles. The monoisotopic (exact) mass is 460 g/mol. The first-order valence-corrected chi connectivity index (χ1v) is 12.4. The fourth-order valence-electron chi connectivity index (χ4n) is 5.56. The maximum Gasteiger partial charge on any atom is 0.241 e. The molecule has 1 saturated carbocycles. The van der Waals surface area contributed by atoms with Gasteiger partial charge in [0.15, 0.2) is 5.65 Å². The molecule has 1 aliphatic carbocycles. The fourth-order valence-corrected chi connectivity index (χ4v) is 5.56. The van der Waals surface area contributed by atoms with Crippen molar-refractivity contribution in [1.29, 1.82) is 0 Å². The lowest BCUT2D eigenvalue weighted by Crippen LogP contribution is -2.35. The number of fused-ring (bicyclic) bond motifs is 2. The molecule has 0 bridgehead atoms. The molecule has 1 aliphatic heterocycles. The maximum atomic E-state index is 5.57. The molecule has 0 spiro atoms. The van der Waals surface area contributed by atoms with E-state index in [-0.39, 0.29) is 0 Å². The number of imidazole rings is 1. The molecule has 2 fully saturated rings. The zero-order chi connectivity index (χ0) is 23.1. The number of rotatable bonds is 5. The van der Waals surface area contributed by atoms with E-state index < -0.39 is 0 Å². The number of aromatic nitrogens is 6. The van der Waals surface area contributed by atoms with Crippen LogP contribution in [0.2, 0.25) is 0 Å². The zero-order valence-electron chi connectivity index (χ0n) is 19.9. The third-order valence-electron chi connectivity index (χ3n) is 7.48. The lowest BCUT2D eigenvalue weighted by Gasteiger charge is -2.28. The number of nitrogens with zero attached hydrogens (tertiary/aromatic N) is 6. The summed E-state index contributed by atoms with van der Waals surface area (Å²) in [5.74, 6) is 1.69. The van der Waals surface area contributed by atoms with E-state index in [0.29, 0.717) is 24.1 Å². The van der Waals surface area contributed by atoms with Crippen molar-refractivity contribution in [2.45, 2.75) is 63.6 Å². The predicted molar refractivity (Wildman–Crippen MR) is 132 cm³/mol. The molecule has 34 heavy (non-hydrogen) atoms. The summed E-state index contributed by atoms with van der Waals surface area (Å²) in [6, 6.07) is 5.76. The van der Waals surface area contributed by atoms with Crippen molar-refractivity contribution in [3.05, 3.63) is 36.5 Å². The van der Waals surface area contributed by atoms with Crippen LogP contribution in [-0.2, 0) is 4.74 Å². The van der Waals surface area contributed by atoms with Crippen molar-refractivity contribution < 1.29 is 4.74 Å². The van der Waals surface area contributed by atoms with Crippen molar-refractivity contribution in [2.75, 3.05) is 25.6 Å². The third-order valence-corrected chi connectivity index (χ3v) is 7.48. The van der Waals surface area contributed by atoms with Crippen molar-refractivity contribution in [3.8, 4) is 11.1 Å². The van der Waals surface area contributed by atoms with Crippen LogP contribution in [0.5, 0.6) is 0 Å². The van der Waals surface area contributed by atoms with Gasteiger partial charge in [0.05, 0.1) is 17.2 Å². The molecule has 0 unspecified atom stereocenters. The number of pyridine rings is 1. The maximum absolute atomic E-state index is 5.57. The second kappa shape index (κ2) is 8.96. The summed E-state index contributed by atoms with van der Waals surface area (Å²) in [5, 5.41) is 11.7. The minimum absolute atomic E-state index is 0.404. The summed E-state index contributed by atoms with van der Waals surface area (Å²) >= 11 is 0. The zero-order valence-corrected chi connectivity index (χ0v) is 19.9. The summed E-state index contributed by atoms with van der Waals surface area (Å²) in [6.07, 6.45) is 12.5. The molecule has 9 heteroatoms. The van der Waals surface area contributed by atoms with Crippen LogP contribution in [0.3, 0.4) is 0 Å². The molecular weight excluding hydrogens is 428 g/mol. The van der Waals surface area contributed by atoms with Crippen molar-refractivity contribution in [1.82, 2.24) is 34.4 Å². The van der Waals surface area contributed by atoms with Gasteiger partial charge in [0.1, 0.15) is 5.82 Å². The minimum atomic E-state index is 0.404. The van der Waals surface area contributed by atoms with Gasteiger partial charge in [0.2, 0.25) is 5.95 Å². The quantitative estimate of drug-likeness (QED) is 0.468. The van der Waals surface area contributed by atoms with Crippen LogP contribution in [0, 0.1) is 6.92 Å². The first kappa shape index (κ1) is 21.5. The smallest absolute Gasteiger partial charge is 0.241 e. The standard InChI is InChI=1S/C25H32N8O/c1-16-29-24-22(33(16)20-8-11-34-12-9-20)13-17(14-27-24)21-7-10-32-23(21)15-28-25(31-32)30-19-5-3-18(26-2)4-6-19/h7,10,13-15,18-20,26H,3-6,8-9,11-12H2,1-2H3,(H,30,31)/t18-,19+. The largest absolute Gasteiger partial charge is 0.381 e. The van der Waals surface area contributed by atoms with Gasteiger partial charge < -0.3 is 19.9 Å². The number of hydrogen-bond acceptors (Lipinski definition) is 7. The Morgan fingerprint density at radius 1 is 0.971 bits per heavy atom. The molecule has 4 aromatic heterocycles. The summed E-state index contributed by atoms with van der Waals surface area (Å²) in [4.78, 5) is 14.1. The van der Waals surface area contributed by atoms with Gasteiger partial charge in [-0.05, 0) is 64.6 Å². The topological polar surface area (TPSA) is 94.2 Å². The molecular formula is C25H32N8O. The van der Waals surface area contributed by atoms with E-state index in [0.717, 1.165) is 72.5 Å². The first-order chi connectivity index (χ1) is 16.7. The van der Waals surface area contributed by atoms with Crippen LogP contribution >= 0.6 is 0 Å². The summed E-state index contributed by atoms with van der Waals surface area (Å²) in [7, 11) is 2.05. The lowest BCUT2D eigenvalue weighted by atomic mass is 9.91. The van der Waals surface area contributed by atoms with Gasteiger partial charge in [0, 0.05) is 54.9 Å². The van der Waals surface area contributed by atoms with Gasteiger partial charge in [-0.3, -0.25) is 0 Å². The van der Waals surface area contributed by atoms with Crippen LogP contribution < -0.4 is 10.6 Å². The average molecular weight is 461 g/mol. The Balaban J connectivity index is 1.28. The molecule has 0 radical (unpaired) electrons. The molecule has 2 aliphatic rings. The molecule has 2 N–H and O–H groups in total. The van der Waals surface area contributed by atoms with Gasteiger partial charge in [-0.15, -0.1) is 5.10 Å². The van der Waals surface area contributed by atoms with E-state index in [2.05, 4.69) is 39.2 Å². The molecule has 1 saturated heterocycles. The number of anilines is 1. The number of aryl methyl sites for hydroxylation is 1. The molecule has 0 amide bonds. The van der Waals surface area contributed by atoms with Gasteiger partial charge in [-0.1, -0.05) is 0 Å².